The molecule has 0 saturated heterocycles. The summed E-state index contributed by atoms with van der Waals surface area (Å²) in [5.74, 6) is 0.932. The molecule has 0 fully saturated rings. The number of aryl methyl sites for hydroxylation is 1. The van der Waals surface area contributed by atoms with Crippen molar-refractivity contribution < 1.29 is 4.79 Å². The average molecular weight is 272 g/mol. The second kappa shape index (κ2) is 7.45. The van der Waals surface area contributed by atoms with Gasteiger partial charge in [-0.2, -0.15) is 0 Å². The van der Waals surface area contributed by atoms with Crippen LogP contribution in [-0.2, 0) is 11.2 Å². The number of imidazole rings is 1. The fourth-order valence-corrected chi connectivity index (χ4v) is 2.01. The highest BCUT2D eigenvalue weighted by molar-refractivity contribution is 5.76. The van der Waals surface area contributed by atoms with Crippen LogP contribution in [0.5, 0.6) is 0 Å². The van der Waals surface area contributed by atoms with Crippen molar-refractivity contribution in [1.29, 1.82) is 0 Å². The first-order valence-electron chi connectivity index (χ1n) is 6.81. The Bertz CT molecular complexity index is 510. The van der Waals surface area contributed by atoms with Gasteiger partial charge < -0.3 is 16.0 Å². The molecule has 0 bridgehead atoms. The van der Waals surface area contributed by atoms with E-state index in [1.54, 1.807) is 12.4 Å². The number of carbonyl (C=O) groups excluding carboxylic acids is 1. The van der Waals surface area contributed by atoms with Crippen LogP contribution in [0.3, 0.4) is 0 Å². The van der Waals surface area contributed by atoms with Crippen molar-refractivity contribution in [3.8, 4) is 0 Å². The van der Waals surface area contributed by atoms with Crippen LogP contribution in [0.2, 0.25) is 0 Å². The lowest BCUT2D eigenvalue weighted by molar-refractivity contribution is -0.121. The van der Waals surface area contributed by atoms with Crippen molar-refractivity contribution in [3.63, 3.8) is 0 Å². The Labute approximate surface area is 118 Å². The van der Waals surface area contributed by atoms with Crippen LogP contribution in [0.25, 0.3) is 0 Å². The topological polar surface area (TPSA) is 83.8 Å². The van der Waals surface area contributed by atoms with E-state index in [1.165, 1.54) is 0 Å². The number of benzene rings is 1. The van der Waals surface area contributed by atoms with E-state index in [-0.39, 0.29) is 11.9 Å². The van der Waals surface area contributed by atoms with E-state index in [0.717, 1.165) is 24.2 Å². The van der Waals surface area contributed by atoms with Gasteiger partial charge in [0.05, 0.1) is 0 Å². The van der Waals surface area contributed by atoms with Crippen LogP contribution in [0.1, 0.15) is 30.3 Å². The van der Waals surface area contributed by atoms with Gasteiger partial charge in [0.1, 0.15) is 5.82 Å². The molecular weight excluding hydrogens is 252 g/mol. The molecule has 1 atom stereocenters. The Morgan fingerprint density at radius 2 is 2.15 bits per heavy atom. The first-order valence-corrected chi connectivity index (χ1v) is 6.81. The number of hydrogen-bond acceptors (Lipinski definition) is 3. The molecule has 1 amide bonds. The first-order chi connectivity index (χ1) is 9.75. The zero-order valence-corrected chi connectivity index (χ0v) is 11.4. The number of nitrogens with two attached hydrogens (primary N) is 1. The Balaban J connectivity index is 1.65. The van der Waals surface area contributed by atoms with Crippen molar-refractivity contribution in [2.24, 2.45) is 5.73 Å². The third-order valence-electron chi connectivity index (χ3n) is 3.10. The molecule has 0 spiro atoms. The van der Waals surface area contributed by atoms with Crippen molar-refractivity contribution in [2.45, 2.75) is 25.3 Å². The summed E-state index contributed by atoms with van der Waals surface area (Å²) in [5.41, 5.74) is 6.99. The van der Waals surface area contributed by atoms with Crippen molar-refractivity contribution >= 4 is 5.91 Å². The summed E-state index contributed by atoms with van der Waals surface area (Å²) < 4.78 is 0. The summed E-state index contributed by atoms with van der Waals surface area (Å²) in [6, 6.07) is 9.42. The minimum Gasteiger partial charge on any atom is -0.356 e. The summed E-state index contributed by atoms with van der Waals surface area (Å²) in [4.78, 5) is 18.9. The van der Waals surface area contributed by atoms with Gasteiger partial charge in [-0.25, -0.2) is 4.98 Å². The molecule has 1 aromatic carbocycles. The van der Waals surface area contributed by atoms with Crippen LogP contribution in [0.15, 0.2) is 42.7 Å². The Kier molecular flexibility index (Phi) is 5.32. The molecule has 1 unspecified atom stereocenters. The number of aromatic amines is 1. The monoisotopic (exact) mass is 272 g/mol. The lowest BCUT2D eigenvalue weighted by Crippen LogP contribution is -2.28. The van der Waals surface area contributed by atoms with Gasteiger partial charge in [0.25, 0.3) is 0 Å². The van der Waals surface area contributed by atoms with Gasteiger partial charge in [-0.3, -0.25) is 4.79 Å². The maximum absolute atomic E-state index is 11.8. The number of nitrogens with zero attached hydrogens (tertiary/aromatic N) is 1. The summed E-state index contributed by atoms with van der Waals surface area (Å²) in [6.45, 7) is 0.640. The maximum atomic E-state index is 11.8. The predicted molar refractivity (Wildman–Crippen MR) is 77.9 cm³/mol. The minimum absolute atomic E-state index is 0.0132. The largest absolute Gasteiger partial charge is 0.356 e. The second-order valence-corrected chi connectivity index (χ2v) is 4.71. The number of nitrogens with one attached hydrogen (secondary N) is 2. The van der Waals surface area contributed by atoms with Crippen LogP contribution < -0.4 is 11.1 Å². The van der Waals surface area contributed by atoms with Crippen molar-refractivity contribution in [2.75, 3.05) is 6.54 Å². The molecule has 0 aliphatic carbocycles. The van der Waals surface area contributed by atoms with Crippen LogP contribution in [-0.4, -0.2) is 22.4 Å². The lowest BCUT2D eigenvalue weighted by atomic mass is 10.0. The molecule has 20 heavy (non-hydrogen) atoms. The standard InChI is InChI=1S/C15H20N4O/c16-13(12-5-2-1-3-6-12)11-15(20)19-8-4-7-14-17-9-10-18-14/h1-3,5-6,9-10,13H,4,7-8,11,16H2,(H,17,18)(H,19,20). The van der Waals surface area contributed by atoms with Crippen molar-refractivity contribution in [1.82, 2.24) is 15.3 Å². The summed E-state index contributed by atoms with van der Waals surface area (Å²) in [6.07, 6.45) is 5.53. The van der Waals surface area contributed by atoms with Crippen LogP contribution in [0.4, 0.5) is 0 Å². The number of aromatic nitrogens is 2. The summed E-state index contributed by atoms with van der Waals surface area (Å²) in [5, 5.41) is 2.89. The highest BCUT2D eigenvalue weighted by Crippen LogP contribution is 2.12. The Morgan fingerprint density at radius 1 is 1.35 bits per heavy atom. The number of hydrogen-bond donors (Lipinski definition) is 3. The molecule has 0 aliphatic rings. The second-order valence-electron chi connectivity index (χ2n) is 4.71. The smallest absolute Gasteiger partial charge is 0.221 e. The van der Waals surface area contributed by atoms with Gasteiger partial charge in [-0.1, -0.05) is 30.3 Å². The SMILES string of the molecule is NC(CC(=O)NCCCc1ncc[nH]1)c1ccccc1. The molecule has 0 radical (unpaired) electrons. The molecule has 4 N–H and O–H groups in total. The van der Waals surface area contributed by atoms with Crippen LogP contribution >= 0.6 is 0 Å². The summed E-state index contributed by atoms with van der Waals surface area (Å²) in [7, 11) is 0. The highest BCUT2D eigenvalue weighted by Gasteiger charge is 2.10. The molecule has 0 saturated carbocycles. The fourth-order valence-electron chi connectivity index (χ4n) is 2.01. The quantitative estimate of drug-likeness (QED) is 0.669. The van der Waals surface area contributed by atoms with Gasteiger partial charge in [0, 0.05) is 37.8 Å². The number of amides is 1. The molecule has 5 nitrogen and oxygen atoms in total. The fraction of sp³-hybridized carbons (Fsp3) is 0.333. The van der Waals surface area contributed by atoms with E-state index in [2.05, 4.69) is 15.3 Å². The third-order valence-corrected chi connectivity index (χ3v) is 3.10. The van der Waals surface area contributed by atoms with Crippen molar-refractivity contribution in [3.05, 3.63) is 54.1 Å². The number of carbonyl (C=O) groups is 1. The van der Waals surface area contributed by atoms with E-state index in [1.807, 2.05) is 30.3 Å². The van der Waals surface area contributed by atoms with Crippen LogP contribution in [0, 0.1) is 0 Å². The molecule has 1 aromatic heterocycles. The Hall–Kier alpha value is -2.14. The zero-order chi connectivity index (χ0) is 14.2. The molecule has 106 valence electrons. The molecule has 5 heteroatoms. The van der Waals surface area contributed by atoms with E-state index in [9.17, 15) is 4.79 Å². The lowest BCUT2D eigenvalue weighted by Gasteiger charge is -2.11. The maximum Gasteiger partial charge on any atom is 0.221 e. The third kappa shape index (κ3) is 4.51. The molecule has 2 aromatic rings. The zero-order valence-electron chi connectivity index (χ0n) is 11.4. The number of H-pyrrole nitrogens is 1. The van der Waals surface area contributed by atoms with Gasteiger partial charge in [0.15, 0.2) is 0 Å². The molecule has 0 aliphatic heterocycles. The van der Waals surface area contributed by atoms with Gasteiger partial charge in [0.2, 0.25) is 5.91 Å². The normalized spacial score (nSPS) is 12.1. The molecule has 2 rings (SSSR count). The molecule has 1 heterocycles. The van der Waals surface area contributed by atoms with E-state index in [4.69, 9.17) is 5.73 Å². The van der Waals surface area contributed by atoms with Gasteiger partial charge >= 0.3 is 0 Å². The first kappa shape index (κ1) is 14.3. The van der Waals surface area contributed by atoms with E-state index < -0.39 is 0 Å². The highest BCUT2D eigenvalue weighted by atomic mass is 16.1. The minimum atomic E-state index is -0.249. The molecular formula is C15H20N4O. The van der Waals surface area contributed by atoms with E-state index in [0.29, 0.717) is 13.0 Å². The average Bonchev–Trinajstić information content (AvgIpc) is 2.98. The summed E-state index contributed by atoms with van der Waals surface area (Å²) >= 11 is 0. The van der Waals surface area contributed by atoms with Gasteiger partial charge in [-0.15, -0.1) is 0 Å². The number of rotatable bonds is 7. The van der Waals surface area contributed by atoms with E-state index >= 15 is 0 Å². The van der Waals surface area contributed by atoms with Gasteiger partial charge in [-0.05, 0) is 12.0 Å². The Morgan fingerprint density at radius 3 is 2.85 bits per heavy atom. The predicted octanol–water partition coefficient (Wildman–Crippen LogP) is 1.55.